The van der Waals surface area contributed by atoms with E-state index in [4.69, 9.17) is 9.47 Å². The van der Waals surface area contributed by atoms with E-state index in [0.717, 1.165) is 24.1 Å². The zero-order valence-corrected chi connectivity index (χ0v) is 16.2. The molecule has 1 unspecified atom stereocenters. The second-order valence-corrected chi connectivity index (χ2v) is 6.41. The number of ether oxygens (including phenoxy) is 2. The van der Waals surface area contributed by atoms with E-state index in [9.17, 15) is 4.79 Å². The monoisotopic (exact) mass is 371 g/mol. The predicted octanol–water partition coefficient (Wildman–Crippen LogP) is 3.13. The summed E-state index contributed by atoms with van der Waals surface area (Å²) in [5, 5.41) is 14.9. The molecule has 1 atom stereocenters. The van der Waals surface area contributed by atoms with Crippen LogP contribution >= 0.6 is 0 Å². The summed E-state index contributed by atoms with van der Waals surface area (Å²) in [6, 6.07) is 5.30. The lowest BCUT2D eigenvalue weighted by Crippen LogP contribution is -2.27. The van der Waals surface area contributed by atoms with E-state index in [0.29, 0.717) is 36.2 Å². The van der Waals surface area contributed by atoms with Crippen molar-refractivity contribution in [2.45, 2.75) is 46.6 Å². The molecule has 2 aromatic rings. The van der Waals surface area contributed by atoms with Crippen molar-refractivity contribution < 1.29 is 14.3 Å². The predicted molar refractivity (Wildman–Crippen MR) is 101 cm³/mol. The number of rotatable bonds is 8. The van der Waals surface area contributed by atoms with Crippen molar-refractivity contribution in [1.29, 1.82) is 0 Å². The van der Waals surface area contributed by atoms with Crippen LogP contribution in [0.15, 0.2) is 29.5 Å². The highest BCUT2D eigenvalue weighted by Crippen LogP contribution is 2.38. The van der Waals surface area contributed by atoms with Gasteiger partial charge in [-0.2, -0.15) is 4.68 Å². The van der Waals surface area contributed by atoms with Crippen LogP contribution in [0.2, 0.25) is 0 Å². The topological polar surface area (TPSA) is 91.2 Å². The first-order valence-electron chi connectivity index (χ1n) is 9.22. The minimum Gasteiger partial charge on any atom is -0.490 e. The third-order valence-electron chi connectivity index (χ3n) is 4.43. The standard InChI is InChI=1S/C19H25N5O3/c1-5-7-10-27-15-9-8-14(11-16(15)26-6-2)18-17(13(4)25)12(3)20-19-21-22-23-24(18)19/h8-9,11,18H,5-7,10H2,1-4H3,(H,20,21,23). The summed E-state index contributed by atoms with van der Waals surface area (Å²) in [5.41, 5.74) is 2.23. The van der Waals surface area contributed by atoms with Crippen LogP contribution in [0.4, 0.5) is 5.95 Å². The van der Waals surface area contributed by atoms with Gasteiger partial charge in [0.05, 0.1) is 13.2 Å². The summed E-state index contributed by atoms with van der Waals surface area (Å²) in [6.07, 6.45) is 2.04. The fraction of sp³-hybridized carbons (Fsp3) is 0.474. The molecule has 8 nitrogen and oxygen atoms in total. The number of allylic oxidation sites excluding steroid dienone is 2. The number of hydrogen-bond acceptors (Lipinski definition) is 7. The van der Waals surface area contributed by atoms with Gasteiger partial charge in [-0.3, -0.25) is 4.79 Å². The highest BCUT2D eigenvalue weighted by Gasteiger charge is 2.32. The molecule has 0 radical (unpaired) electrons. The van der Waals surface area contributed by atoms with E-state index in [-0.39, 0.29) is 5.78 Å². The quantitative estimate of drug-likeness (QED) is 0.713. The van der Waals surface area contributed by atoms with Crippen LogP contribution in [0.3, 0.4) is 0 Å². The van der Waals surface area contributed by atoms with Crippen molar-refractivity contribution in [2.75, 3.05) is 18.5 Å². The van der Waals surface area contributed by atoms with Crippen molar-refractivity contribution in [1.82, 2.24) is 20.2 Å². The molecule has 1 N–H and O–H groups in total. The smallest absolute Gasteiger partial charge is 0.248 e. The van der Waals surface area contributed by atoms with Gasteiger partial charge in [0.2, 0.25) is 5.95 Å². The molecule has 1 aromatic carbocycles. The Bertz CT molecular complexity index is 859. The Hall–Kier alpha value is -2.90. The number of unbranched alkanes of at least 4 members (excludes halogenated alkanes) is 1. The Morgan fingerprint density at radius 2 is 2.07 bits per heavy atom. The summed E-state index contributed by atoms with van der Waals surface area (Å²) in [4.78, 5) is 12.3. The number of anilines is 1. The molecule has 0 fully saturated rings. The average Bonchev–Trinajstić information content (AvgIpc) is 3.09. The Morgan fingerprint density at radius 3 is 2.78 bits per heavy atom. The van der Waals surface area contributed by atoms with Gasteiger partial charge in [0.1, 0.15) is 6.04 Å². The zero-order chi connectivity index (χ0) is 19.4. The second-order valence-electron chi connectivity index (χ2n) is 6.41. The molecule has 2 heterocycles. The van der Waals surface area contributed by atoms with E-state index in [1.165, 1.54) is 0 Å². The van der Waals surface area contributed by atoms with Crippen molar-refractivity contribution >= 4 is 11.7 Å². The zero-order valence-electron chi connectivity index (χ0n) is 16.2. The first kappa shape index (κ1) is 18.9. The lowest BCUT2D eigenvalue weighted by Gasteiger charge is -2.27. The molecule has 0 saturated carbocycles. The Labute approximate surface area is 158 Å². The highest BCUT2D eigenvalue weighted by molar-refractivity contribution is 5.96. The molecule has 0 spiro atoms. The van der Waals surface area contributed by atoms with Gasteiger partial charge < -0.3 is 14.8 Å². The van der Waals surface area contributed by atoms with Gasteiger partial charge >= 0.3 is 0 Å². The van der Waals surface area contributed by atoms with Crippen molar-refractivity contribution in [3.8, 4) is 11.5 Å². The van der Waals surface area contributed by atoms with Gasteiger partial charge in [-0.1, -0.05) is 24.5 Å². The summed E-state index contributed by atoms with van der Waals surface area (Å²) in [5.74, 6) is 1.82. The Kier molecular flexibility index (Phi) is 5.73. The molecule has 0 amide bonds. The number of tetrazole rings is 1. The largest absolute Gasteiger partial charge is 0.490 e. The lowest BCUT2D eigenvalue weighted by molar-refractivity contribution is -0.114. The molecular weight excluding hydrogens is 346 g/mol. The molecule has 1 aromatic heterocycles. The van der Waals surface area contributed by atoms with E-state index < -0.39 is 6.04 Å². The number of carbonyl (C=O) groups excluding carboxylic acids is 1. The first-order valence-corrected chi connectivity index (χ1v) is 9.22. The second kappa shape index (κ2) is 8.20. The molecule has 1 aliphatic rings. The van der Waals surface area contributed by atoms with Gasteiger partial charge in [-0.05, 0) is 55.3 Å². The molecule has 27 heavy (non-hydrogen) atoms. The molecule has 3 rings (SSSR count). The molecule has 1 aliphatic heterocycles. The molecule has 0 bridgehead atoms. The number of ketones is 1. The van der Waals surface area contributed by atoms with Crippen LogP contribution in [0.25, 0.3) is 0 Å². The summed E-state index contributed by atoms with van der Waals surface area (Å²) in [6.45, 7) is 8.61. The highest BCUT2D eigenvalue weighted by atomic mass is 16.5. The van der Waals surface area contributed by atoms with Gasteiger partial charge in [-0.15, -0.1) is 0 Å². The van der Waals surface area contributed by atoms with E-state index >= 15 is 0 Å². The SMILES string of the molecule is CCCCOc1ccc(C2C(C(C)=O)=C(C)Nc3nnnn32)cc1OCC. The number of Topliss-reactive ketones (excluding diaryl/α,β-unsaturated/α-hetero) is 1. The minimum absolute atomic E-state index is 0.0348. The maximum atomic E-state index is 12.3. The van der Waals surface area contributed by atoms with Crippen LogP contribution < -0.4 is 14.8 Å². The van der Waals surface area contributed by atoms with Gasteiger partial charge in [0.15, 0.2) is 17.3 Å². The number of nitrogens with zero attached hydrogens (tertiary/aromatic N) is 4. The number of carbonyl (C=O) groups is 1. The van der Waals surface area contributed by atoms with Crippen molar-refractivity contribution in [2.24, 2.45) is 0 Å². The number of benzene rings is 1. The van der Waals surface area contributed by atoms with Crippen LogP contribution in [0.1, 0.15) is 52.1 Å². The number of hydrogen-bond donors (Lipinski definition) is 1. The van der Waals surface area contributed by atoms with Gasteiger partial charge in [0.25, 0.3) is 0 Å². The average molecular weight is 371 g/mol. The molecule has 8 heteroatoms. The van der Waals surface area contributed by atoms with E-state index in [2.05, 4.69) is 27.8 Å². The minimum atomic E-state index is -0.419. The molecular formula is C19H25N5O3. The van der Waals surface area contributed by atoms with Gasteiger partial charge in [-0.25, -0.2) is 0 Å². The summed E-state index contributed by atoms with van der Waals surface area (Å²) in [7, 11) is 0. The lowest BCUT2D eigenvalue weighted by atomic mass is 9.93. The fourth-order valence-corrected chi connectivity index (χ4v) is 3.19. The van der Waals surface area contributed by atoms with E-state index in [1.807, 2.05) is 32.0 Å². The summed E-state index contributed by atoms with van der Waals surface area (Å²) < 4.78 is 13.3. The van der Waals surface area contributed by atoms with Gasteiger partial charge in [0, 0.05) is 11.3 Å². The fourth-order valence-electron chi connectivity index (χ4n) is 3.19. The molecule has 0 saturated heterocycles. The third kappa shape index (κ3) is 3.79. The van der Waals surface area contributed by atoms with Crippen LogP contribution in [0.5, 0.6) is 11.5 Å². The van der Waals surface area contributed by atoms with E-state index in [1.54, 1.807) is 11.6 Å². The molecule has 0 aliphatic carbocycles. The first-order chi connectivity index (χ1) is 13.1. The number of nitrogens with one attached hydrogen (secondary N) is 1. The maximum absolute atomic E-state index is 12.3. The van der Waals surface area contributed by atoms with Crippen LogP contribution in [0, 0.1) is 0 Å². The summed E-state index contributed by atoms with van der Waals surface area (Å²) >= 11 is 0. The third-order valence-corrected chi connectivity index (χ3v) is 4.43. The maximum Gasteiger partial charge on any atom is 0.248 e. The van der Waals surface area contributed by atoms with Crippen molar-refractivity contribution in [3.05, 3.63) is 35.0 Å². The Morgan fingerprint density at radius 1 is 1.26 bits per heavy atom. The Balaban J connectivity index is 2.03. The normalized spacial score (nSPS) is 15.9. The van der Waals surface area contributed by atoms with Crippen LogP contribution in [-0.2, 0) is 4.79 Å². The number of fused-ring (bicyclic) bond motifs is 1. The molecule has 144 valence electrons. The van der Waals surface area contributed by atoms with Crippen molar-refractivity contribution in [3.63, 3.8) is 0 Å². The van der Waals surface area contributed by atoms with Crippen LogP contribution in [-0.4, -0.2) is 39.2 Å². The number of aromatic nitrogens is 4.